The number of hydrogen-bond donors (Lipinski definition) is 3. The maximum Gasteiger partial charge on any atom is 0.139 e. The molecule has 0 bridgehead atoms. The Morgan fingerprint density at radius 3 is 3.14 bits per heavy atom. The summed E-state index contributed by atoms with van der Waals surface area (Å²) < 4.78 is 2.21. The molecule has 2 atom stereocenters. The molecule has 1 saturated heterocycles. The minimum Gasteiger partial charge on any atom is -0.385 e. The van der Waals surface area contributed by atoms with E-state index in [0.717, 1.165) is 53.8 Å². The minimum atomic E-state index is -0.590. The van der Waals surface area contributed by atoms with E-state index < -0.39 is 6.10 Å². The summed E-state index contributed by atoms with van der Waals surface area (Å²) in [7, 11) is 0. The minimum absolute atomic E-state index is 0.328. The van der Waals surface area contributed by atoms with Crippen LogP contribution in [0.25, 0.3) is 22.1 Å². The first-order valence-electron chi connectivity index (χ1n) is 7.48. The standard InChI is InChI=1S/C15H19N5O/c1-9(21)15-19-12-8-18-14-11(4-6-17-14)13(12)20(15)10-3-2-5-16-7-10/h4,6,8-10,16,21H,2-3,5,7H2,1H3,(H,17,18)/t9-,10-/m1/s1. The van der Waals surface area contributed by atoms with Crippen molar-refractivity contribution in [2.75, 3.05) is 13.1 Å². The van der Waals surface area contributed by atoms with Crippen molar-refractivity contribution in [1.82, 2.24) is 24.8 Å². The van der Waals surface area contributed by atoms with Crippen LogP contribution in [0.5, 0.6) is 0 Å². The van der Waals surface area contributed by atoms with Gasteiger partial charge in [-0.2, -0.15) is 0 Å². The third kappa shape index (κ3) is 1.94. The molecule has 21 heavy (non-hydrogen) atoms. The van der Waals surface area contributed by atoms with Crippen molar-refractivity contribution >= 4 is 22.1 Å². The smallest absolute Gasteiger partial charge is 0.139 e. The molecule has 3 N–H and O–H groups in total. The number of H-pyrrole nitrogens is 1. The first-order valence-corrected chi connectivity index (χ1v) is 7.48. The number of imidazole rings is 1. The Bertz CT molecular complexity index is 782. The van der Waals surface area contributed by atoms with Gasteiger partial charge in [-0.3, -0.25) is 0 Å². The molecule has 0 aliphatic carbocycles. The first kappa shape index (κ1) is 12.8. The maximum absolute atomic E-state index is 10.1. The fraction of sp³-hybridized carbons (Fsp3) is 0.467. The summed E-state index contributed by atoms with van der Waals surface area (Å²) in [6.07, 6.45) is 5.34. The second-order valence-electron chi connectivity index (χ2n) is 5.75. The van der Waals surface area contributed by atoms with Crippen LogP contribution in [-0.4, -0.2) is 37.7 Å². The van der Waals surface area contributed by atoms with Crippen molar-refractivity contribution in [3.05, 3.63) is 24.3 Å². The summed E-state index contributed by atoms with van der Waals surface area (Å²) in [5.41, 5.74) is 2.79. The average Bonchev–Trinajstić information content (AvgIpc) is 3.11. The molecule has 4 heterocycles. The van der Waals surface area contributed by atoms with Crippen LogP contribution in [0.3, 0.4) is 0 Å². The Kier molecular flexibility index (Phi) is 2.94. The van der Waals surface area contributed by atoms with Crippen molar-refractivity contribution in [2.45, 2.75) is 31.9 Å². The number of pyridine rings is 1. The topological polar surface area (TPSA) is 78.8 Å². The van der Waals surface area contributed by atoms with E-state index >= 15 is 0 Å². The van der Waals surface area contributed by atoms with Gasteiger partial charge in [0.15, 0.2) is 0 Å². The lowest BCUT2D eigenvalue weighted by Gasteiger charge is -2.27. The summed E-state index contributed by atoms with van der Waals surface area (Å²) in [6.45, 7) is 3.75. The zero-order valence-electron chi connectivity index (χ0n) is 12.0. The molecule has 0 unspecified atom stereocenters. The Morgan fingerprint density at radius 1 is 1.48 bits per heavy atom. The summed E-state index contributed by atoms with van der Waals surface area (Å²) in [4.78, 5) is 12.2. The highest BCUT2D eigenvalue weighted by atomic mass is 16.3. The molecule has 0 saturated carbocycles. The van der Waals surface area contributed by atoms with Crippen molar-refractivity contribution in [2.24, 2.45) is 0 Å². The van der Waals surface area contributed by atoms with E-state index in [1.165, 1.54) is 0 Å². The monoisotopic (exact) mass is 285 g/mol. The molecule has 1 fully saturated rings. The lowest BCUT2D eigenvalue weighted by atomic mass is 10.1. The van der Waals surface area contributed by atoms with E-state index in [1.54, 1.807) is 13.1 Å². The number of rotatable bonds is 2. The Balaban J connectivity index is 2.03. The third-order valence-electron chi connectivity index (χ3n) is 4.27. The SMILES string of the molecule is C[C@@H](O)c1nc2cnc3[nH]ccc3c2n1[C@@H]1CCCNC1. The van der Waals surface area contributed by atoms with Crippen molar-refractivity contribution in [1.29, 1.82) is 0 Å². The highest BCUT2D eigenvalue weighted by molar-refractivity contribution is 6.01. The van der Waals surface area contributed by atoms with E-state index in [1.807, 2.05) is 12.3 Å². The summed E-state index contributed by atoms with van der Waals surface area (Å²) in [6, 6.07) is 2.36. The Labute approximate surface area is 122 Å². The number of fused-ring (bicyclic) bond motifs is 3. The quantitative estimate of drug-likeness (QED) is 0.672. The molecule has 3 aromatic rings. The van der Waals surface area contributed by atoms with Crippen molar-refractivity contribution < 1.29 is 5.11 Å². The molecule has 4 rings (SSSR count). The van der Waals surface area contributed by atoms with Crippen LogP contribution in [0.15, 0.2) is 18.5 Å². The van der Waals surface area contributed by atoms with Crippen LogP contribution in [0, 0.1) is 0 Å². The third-order valence-corrected chi connectivity index (χ3v) is 4.27. The van der Waals surface area contributed by atoms with Crippen LogP contribution in [-0.2, 0) is 0 Å². The van der Waals surface area contributed by atoms with Gasteiger partial charge in [0.25, 0.3) is 0 Å². The van der Waals surface area contributed by atoms with Crippen LogP contribution in [0.2, 0.25) is 0 Å². The molecule has 6 nitrogen and oxygen atoms in total. The van der Waals surface area contributed by atoms with Gasteiger partial charge in [0.05, 0.1) is 11.7 Å². The number of piperidine rings is 1. The van der Waals surface area contributed by atoms with E-state index in [4.69, 9.17) is 0 Å². The average molecular weight is 285 g/mol. The number of nitrogens with zero attached hydrogens (tertiary/aromatic N) is 3. The number of aliphatic hydroxyl groups excluding tert-OH is 1. The highest BCUT2D eigenvalue weighted by Gasteiger charge is 2.24. The molecule has 0 radical (unpaired) electrons. The van der Waals surface area contributed by atoms with Gasteiger partial charge in [0, 0.05) is 24.2 Å². The van der Waals surface area contributed by atoms with Gasteiger partial charge in [-0.05, 0) is 32.4 Å². The summed E-state index contributed by atoms with van der Waals surface area (Å²) in [5.74, 6) is 0.731. The predicted octanol–water partition coefficient (Wildman–Crippen LogP) is 1.89. The fourth-order valence-corrected chi connectivity index (χ4v) is 3.33. The van der Waals surface area contributed by atoms with Gasteiger partial charge >= 0.3 is 0 Å². The highest BCUT2D eigenvalue weighted by Crippen LogP contribution is 2.31. The number of aromatic amines is 1. The normalized spacial score (nSPS) is 21.1. The Hall–Kier alpha value is -1.92. The number of nitrogens with one attached hydrogen (secondary N) is 2. The molecule has 0 spiro atoms. The number of aromatic nitrogens is 4. The van der Waals surface area contributed by atoms with E-state index in [-0.39, 0.29) is 0 Å². The van der Waals surface area contributed by atoms with Gasteiger partial charge in [0.1, 0.15) is 23.1 Å². The fourth-order valence-electron chi connectivity index (χ4n) is 3.33. The van der Waals surface area contributed by atoms with Crippen molar-refractivity contribution in [3.8, 4) is 0 Å². The van der Waals surface area contributed by atoms with Gasteiger partial charge in [-0.15, -0.1) is 0 Å². The predicted molar refractivity (Wildman–Crippen MR) is 81.2 cm³/mol. The lowest BCUT2D eigenvalue weighted by molar-refractivity contribution is 0.179. The van der Waals surface area contributed by atoms with Gasteiger partial charge in [-0.1, -0.05) is 0 Å². The first-order chi connectivity index (χ1) is 10.3. The molecule has 0 aromatic carbocycles. The van der Waals surface area contributed by atoms with Crippen LogP contribution in [0.4, 0.5) is 0 Å². The number of hydrogen-bond acceptors (Lipinski definition) is 4. The van der Waals surface area contributed by atoms with Gasteiger partial charge in [-0.25, -0.2) is 9.97 Å². The van der Waals surface area contributed by atoms with Crippen LogP contribution >= 0.6 is 0 Å². The molecular weight excluding hydrogens is 266 g/mol. The second-order valence-corrected chi connectivity index (χ2v) is 5.75. The maximum atomic E-state index is 10.1. The Morgan fingerprint density at radius 2 is 2.38 bits per heavy atom. The molecule has 110 valence electrons. The van der Waals surface area contributed by atoms with E-state index in [9.17, 15) is 5.11 Å². The van der Waals surface area contributed by atoms with Crippen LogP contribution in [0.1, 0.15) is 37.7 Å². The molecule has 0 amide bonds. The second kappa shape index (κ2) is 4.82. The zero-order chi connectivity index (χ0) is 14.4. The van der Waals surface area contributed by atoms with Gasteiger partial charge in [0.2, 0.25) is 0 Å². The molecule has 1 aliphatic heterocycles. The molecule has 1 aliphatic rings. The summed E-state index contributed by atoms with van der Waals surface area (Å²) >= 11 is 0. The van der Waals surface area contributed by atoms with Crippen LogP contribution < -0.4 is 5.32 Å². The zero-order valence-corrected chi connectivity index (χ0v) is 12.0. The molecular formula is C15H19N5O. The molecule has 3 aromatic heterocycles. The van der Waals surface area contributed by atoms with E-state index in [0.29, 0.717) is 6.04 Å². The summed E-state index contributed by atoms with van der Waals surface area (Å²) in [5, 5.41) is 14.6. The molecule has 6 heteroatoms. The number of aliphatic hydroxyl groups is 1. The largest absolute Gasteiger partial charge is 0.385 e. The van der Waals surface area contributed by atoms with Crippen molar-refractivity contribution in [3.63, 3.8) is 0 Å². The van der Waals surface area contributed by atoms with E-state index in [2.05, 4.69) is 24.8 Å². The lowest BCUT2D eigenvalue weighted by Crippen LogP contribution is -2.32. The van der Waals surface area contributed by atoms with Gasteiger partial charge < -0.3 is 20.0 Å².